The highest BCUT2D eigenvalue weighted by molar-refractivity contribution is 5.81. The molecule has 1 N–H and O–H groups in total. The number of hydrogen-bond donors (Lipinski definition) is 1. The molecule has 1 aliphatic rings. The first-order valence-electron chi connectivity index (χ1n) is 7.08. The molecule has 1 aromatic heterocycles. The number of aromatic nitrogens is 2. The highest BCUT2D eigenvalue weighted by atomic mass is 16.6. The Balaban J connectivity index is 2.11. The van der Waals surface area contributed by atoms with Crippen LogP contribution in [0.4, 0.5) is 0 Å². The van der Waals surface area contributed by atoms with Crippen molar-refractivity contribution in [1.29, 1.82) is 0 Å². The average Bonchev–Trinajstić information content (AvgIpc) is 2.80. The molecule has 2 heterocycles. The second-order valence-electron chi connectivity index (χ2n) is 5.40. The van der Waals surface area contributed by atoms with Gasteiger partial charge in [-0.2, -0.15) is 0 Å². The van der Waals surface area contributed by atoms with Gasteiger partial charge in [0.15, 0.2) is 11.5 Å². The van der Waals surface area contributed by atoms with Crippen molar-refractivity contribution < 1.29 is 19.4 Å². The fourth-order valence-electron chi connectivity index (χ4n) is 2.56. The van der Waals surface area contributed by atoms with Gasteiger partial charge >= 0.3 is 5.97 Å². The van der Waals surface area contributed by atoms with Crippen molar-refractivity contribution in [3.63, 3.8) is 0 Å². The van der Waals surface area contributed by atoms with E-state index in [2.05, 4.69) is 4.98 Å². The van der Waals surface area contributed by atoms with E-state index in [0.717, 1.165) is 16.9 Å². The zero-order valence-electron chi connectivity index (χ0n) is 12.1. The molecular formula is C15H18N2O4. The summed E-state index contributed by atoms with van der Waals surface area (Å²) >= 11 is 0. The van der Waals surface area contributed by atoms with E-state index < -0.39 is 5.97 Å². The minimum atomic E-state index is -0.816. The van der Waals surface area contributed by atoms with Crippen LogP contribution in [0, 0.1) is 0 Å². The van der Waals surface area contributed by atoms with Gasteiger partial charge in [-0.15, -0.1) is 0 Å². The lowest BCUT2D eigenvalue weighted by Crippen LogP contribution is -2.15. The van der Waals surface area contributed by atoms with Crippen LogP contribution in [-0.2, 0) is 11.3 Å². The summed E-state index contributed by atoms with van der Waals surface area (Å²) in [4.78, 5) is 15.5. The molecule has 2 aromatic rings. The standard InChI is InChI=1S/C15H18N2O4/c1-9(2)15-16-10-7-12-13(21-6-5-20-12)8-11(10)17(15)4-3-14(18)19/h7-9H,3-6H2,1-2H3,(H,18,19). The molecule has 112 valence electrons. The van der Waals surface area contributed by atoms with Crippen molar-refractivity contribution >= 4 is 17.0 Å². The van der Waals surface area contributed by atoms with Gasteiger partial charge in [-0.3, -0.25) is 4.79 Å². The molecular weight excluding hydrogens is 272 g/mol. The van der Waals surface area contributed by atoms with Crippen LogP contribution in [0.25, 0.3) is 11.0 Å². The van der Waals surface area contributed by atoms with E-state index in [1.165, 1.54) is 0 Å². The molecule has 0 atom stereocenters. The first-order valence-corrected chi connectivity index (χ1v) is 7.08. The predicted octanol–water partition coefficient (Wildman–Crippen LogP) is 2.41. The van der Waals surface area contributed by atoms with Gasteiger partial charge in [-0.05, 0) is 0 Å². The van der Waals surface area contributed by atoms with Crippen LogP contribution >= 0.6 is 0 Å². The van der Waals surface area contributed by atoms with E-state index in [1.807, 2.05) is 30.5 Å². The lowest BCUT2D eigenvalue weighted by Gasteiger charge is -2.18. The maximum absolute atomic E-state index is 10.9. The third kappa shape index (κ3) is 2.53. The molecule has 6 heteroatoms. The average molecular weight is 290 g/mol. The second-order valence-corrected chi connectivity index (χ2v) is 5.40. The largest absolute Gasteiger partial charge is 0.486 e. The van der Waals surface area contributed by atoms with Crippen LogP contribution in [0.5, 0.6) is 11.5 Å². The zero-order valence-corrected chi connectivity index (χ0v) is 12.1. The van der Waals surface area contributed by atoms with Crippen LogP contribution in [0.2, 0.25) is 0 Å². The first-order chi connectivity index (χ1) is 10.1. The molecule has 0 bridgehead atoms. The molecule has 3 rings (SSSR count). The number of ether oxygens (including phenoxy) is 2. The number of fused-ring (bicyclic) bond motifs is 2. The molecule has 1 aromatic carbocycles. The third-order valence-corrected chi connectivity index (χ3v) is 3.51. The lowest BCUT2D eigenvalue weighted by molar-refractivity contribution is -0.137. The van der Waals surface area contributed by atoms with Crippen molar-refractivity contribution in [2.24, 2.45) is 0 Å². The van der Waals surface area contributed by atoms with Gasteiger partial charge in [0.2, 0.25) is 0 Å². The van der Waals surface area contributed by atoms with Crippen LogP contribution in [0.1, 0.15) is 32.0 Å². The number of rotatable bonds is 4. The van der Waals surface area contributed by atoms with Gasteiger partial charge < -0.3 is 19.1 Å². The Labute approximate surface area is 122 Å². The number of aryl methyl sites for hydroxylation is 1. The molecule has 0 saturated carbocycles. The number of benzene rings is 1. The summed E-state index contributed by atoms with van der Waals surface area (Å²) in [5, 5.41) is 8.93. The van der Waals surface area contributed by atoms with Crippen molar-refractivity contribution in [2.45, 2.75) is 32.7 Å². The van der Waals surface area contributed by atoms with E-state index in [-0.39, 0.29) is 12.3 Å². The lowest BCUT2D eigenvalue weighted by atomic mass is 10.2. The van der Waals surface area contributed by atoms with Gasteiger partial charge in [0, 0.05) is 24.6 Å². The van der Waals surface area contributed by atoms with Crippen LogP contribution in [0.3, 0.4) is 0 Å². The molecule has 6 nitrogen and oxygen atoms in total. The van der Waals surface area contributed by atoms with E-state index >= 15 is 0 Å². The van der Waals surface area contributed by atoms with Crippen molar-refractivity contribution in [3.8, 4) is 11.5 Å². The minimum Gasteiger partial charge on any atom is -0.486 e. The number of imidazole rings is 1. The minimum absolute atomic E-state index is 0.0691. The Bertz CT molecular complexity index is 691. The Morgan fingerprint density at radius 2 is 2.00 bits per heavy atom. The molecule has 21 heavy (non-hydrogen) atoms. The number of carbonyl (C=O) groups is 1. The van der Waals surface area contributed by atoms with E-state index in [0.29, 0.717) is 31.3 Å². The Morgan fingerprint density at radius 1 is 1.33 bits per heavy atom. The summed E-state index contributed by atoms with van der Waals surface area (Å²) < 4.78 is 13.1. The summed E-state index contributed by atoms with van der Waals surface area (Å²) in [5.74, 6) is 1.68. The summed E-state index contributed by atoms with van der Waals surface area (Å²) in [5.41, 5.74) is 1.71. The summed E-state index contributed by atoms with van der Waals surface area (Å²) in [7, 11) is 0. The Morgan fingerprint density at radius 3 is 2.62 bits per heavy atom. The number of hydrogen-bond acceptors (Lipinski definition) is 4. The Hall–Kier alpha value is -2.24. The molecule has 1 aliphatic heterocycles. The van der Waals surface area contributed by atoms with Gasteiger partial charge in [0.05, 0.1) is 17.5 Å². The molecule has 0 saturated heterocycles. The number of carboxylic acid groups (broad SMARTS) is 1. The Kier molecular flexibility index (Phi) is 3.45. The van der Waals surface area contributed by atoms with Crippen molar-refractivity contribution in [3.05, 3.63) is 18.0 Å². The van der Waals surface area contributed by atoms with Gasteiger partial charge in [0.1, 0.15) is 19.0 Å². The predicted molar refractivity (Wildman–Crippen MR) is 77.1 cm³/mol. The van der Waals surface area contributed by atoms with Gasteiger partial charge in [-0.1, -0.05) is 13.8 Å². The number of carboxylic acids is 1. The maximum atomic E-state index is 10.9. The van der Waals surface area contributed by atoms with E-state index in [1.54, 1.807) is 0 Å². The van der Waals surface area contributed by atoms with Crippen molar-refractivity contribution in [1.82, 2.24) is 9.55 Å². The second kappa shape index (κ2) is 5.27. The highest BCUT2D eigenvalue weighted by Gasteiger charge is 2.19. The quantitative estimate of drug-likeness (QED) is 0.936. The molecule has 0 radical (unpaired) electrons. The summed E-state index contributed by atoms with van der Waals surface area (Å²) in [6.07, 6.45) is 0.0691. The number of nitrogens with zero attached hydrogens (tertiary/aromatic N) is 2. The summed E-state index contributed by atoms with van der Waals surface area (Å²) in [6.45, 7) is 5.56. The maximum Gasteiger partial charge on any atom is 0.305 e. The van der Waals surface area contributed by atoms with Gasteiger partial charge in [-0.25, -0.2) is 4.98 Å². The molecule has 0 spiro atoms. The highest BCUT2D eigenvalue weighted by Crippen LogP contribution is 2.35. The fourth-order valence-corrected chi connectivity index (χ4v) is 2.56. The summed E-state index contributed by atoms with van der Waals surface area (Å²) in [6, 6.07) is 3.76. The van der Waals surface area contributed by atoms with Crippen LogP contribution < -0.4 is 9.47 Å². The molecule has 0 aliphatic carbocycles. The first kappa shape index (κ1) is 13.7. The molecule has 0 amide bonds. The van der Waals surface area contributed by atoms with E-state index in [4.69, 9.17) is 14.6 Å². The van der Waals surface area contributed by atoms with Crippen LogP contribution in [-0.4, -0.2) is 33.8 Å². The SMILES string of the molecule is CC(C)c1nc2cc3c(cc2n1CCC(=O)O)OCCO3. The zero-order chi connectivity index (χ0) is 15.0. The number of aliphatic carboxylic acids is 1. The molecule has 0 unspecified atom stereocenters. The van der Waals surface area contributed by atoms with Crippen molar-refractivity contribution in [2.75, 3.05) is 13.2 Å². The smallest absolute Gasteiger partial charge is 0.305 e. The normalized spacial score (nSPS) is 13.9. The fraction of sp³-hybridized carbons (Fsp3) is 0.467. The monoisotopic (exact) mass is 290 g/mol. The van der Waals surface area contributed by atoms with Gasteiger partial charge in [0.25, 0.3) is 0 Å². The third-order valence-electron chi connectivity index (χ3n) is 3.51. The van der Waals surface area contributed by atoms with Crippen LogP contribution in [0.15, 0.2) is 12.1 Å². The topological polar surface area (TPSA) is 73.6 Å². The molecule has 0 fully saturated rings. The van der Waals surface area contributed by atoms with E-state index in [9.17, 15) is 4.79 Å².